The van der Waals surface area contributed by atoms with Gasteiger partial charge in [0.25, 0.3) is 11.8 Å². The van der Waals surface area contributed by atoms with E-state index >= 15 is 0 Å². The van der Waals surface area contributed by atoms with Crippen molar-refractivity contribution < 1.29 is 19.1 Å². The SMILES string of the molecule is CC(C)Oc1ccc(C(=O)NCCCCCCCCNC(=O)c2ccc(OC(C)C)cc2)cc1. The zero-order valence-electron chi connectivity index (χ0n) is 21.1. The van der Waals surface area contributed by atoms with Gasteiger partial charge in [-0.25, -0.2) is 0 Å². The van der Waals surface area contributed by atoms with Crippen molar-refractivity contribution in [3.05, 3.63) is 59.7 Å². The summed E-state index contributed by atoms with van der Waals surface area (Å²) in [6, 6.07) is 14.5. The number of carbonyl (C=O) groups excluding carboxylic acids is 2. The maximum Gasteiger partial charge on any atom is 0.251 e. The summed E-state index contributed by atoms with van der Waals surface area (Å²) in [5.41, 5.74) is 1.30. The van der Waals surface area contributed by atoms with Gasteiger partial charge in [-0.15, -0.1) is 0 Å². The van der Waals surface area contributed by atoms with Gasteiger partial charge >= 0.3 is 0 Å². The highest BCUT2D eigenvalue weighted by molar-refractivity contribution is 5.94. The summed E-state index contributed by atoms with van der Waals surface area (Å²) >= 11 is 0. The lowest BCUT2D eigenvalue weighted by Crippen LogP contribution is -2.24. The van der Waals surface area contributed by atoms with E-state index < -0.39 is 0 Å². The molecule has 0 aliphatic carbocycles. The molecule has 6 nitrogen and oxygen atoms in total. The van der Waals surface area contributed by atoms with Gasteiger partial charge in [0.05, 0.1) is 12.2 Å². The molecule has 2 aromatic carbocycles. The average Bonchev–Trinajstić information content (AvgIpc) is 2.80. The Bertz CT molecular complexity index is 787. The zero-order chi connectivity index (χ0) is 24.8. The lowest BCUT2D eigenvalue weighted by Gasteiger charge is -2.10. The lowest BCUT2D eigenvalue weighted by atomic mass is 10.1. The Morgan fingerprint density at radius 3 is 1.24 bits per heavy atom. The molecule has 0 aromatic heterocycles. The van der Waals surface area contributed by atoms with Crippen LogP contribution < -0.4 is 20.1 Å². The van der Waals surface area contributed by atoms with Gasteiger partial charge in [0, 0.05) is 24.2 Å². The van der Waals surface area contributed by atoms with Crippen LogP contribution in [0.25, 0.3) is 0 Å². The fourth-order valence-corrected chi connectivity index (χ4v) is 3.48. The summed E-state index contributed by atoms with van der Waals surface area (Å²) < 4.78 is 11.2. The smallest absolute Gasteiger partial charge is 0.251 e. The Morgan fingerprint density at radius 2 is 0.912 bits per heavy atom. The van der Waals surface area contributed by atoms with Crippen LogP contribution in [0.3, 0.4) is 0 Å². The number of ether oxygens (including phenoxy) is 2. The van der Waals surface area contributed by atoms with Crippen molar-refractivity contribution >= 4 is 11.8 Å². The van der Waals surface area contributed by atoms with Crippen LogP contribution in [0.2, 0.25) is 0 Å². The topological polar surface area (TPSA) is 76.7 Å². The minimum Gasteiger partial charge on any atom is -0.491 e. The average molecular weight is 469 g/mol. The van der Waals surface area contributed by atoms with E-state index in [2.05, 4.69) is 10.6 Å². The first-order valence-electron chi connectivity index (χ1n) is 12.4. The van der Waals surface area contributed by atoms with Crippen molar-refractivity contribution in [3.8, 4) is 11.5 Å². The number of unbranched alkanes of at least 4 members (excludes halogenated alkanes) is 5. The minimum absolute atomic E-state index is 0.0473. The van der Waals surface area contributed by atoms with Crippen LogP contribution in [-0.4, -0.2) is 37.1 Å². The first-order chi connectivity index (χ1) is 16.3. The Labute approximate surface area is 204 Å². The van der Waals surface area contributed by atoms with Gasteiger partial charge in [0.15, 0.2) is 0 Å². The van der Waals surface area contributed by atoms with E-state index in [1.54, 1.807) is 24.3 Å². The third-order valence-electron chi connectivity index (χ3n) is 5.15. The summed E-state index contributed by atoms with van der Waals surface area (Å²) in [5.74, 6) is 1.46. The molecule has 0 aliphatic heterocycles. The number of benzene rings is 2. The number of nitrogens with one attached hydrogen (secondary N) is 2. The summed E-state index contributed by atoms with van der Waals surface area (Å²) in [6.07, 6.45) is 6.58. The van der Waals surface area contributed by atoms with Gasteiger partial charge in [0.2, 0.25) is 0 Å². The Balaban J connectivity index is 1.48. The first kappa shape index (κ1) is 27.2. The van der Waals surface area contributed by atoms with Crippen molar-refractivity contribution in [2.75, 3.05) is 13.1 Å². The van der Waals surface area contributed by atoms with Crippen LogP contribution in [0.1, 0.15) is 86.9 Å². The third kappa shape index (κ3) is 10.7. The second kappa shape index (κ2) is 15.0. The van der Waals surface area contributed by atoms with Crippen molar-refractivity contribution in [1.82, 2.24) is 10.6 Å². The molecule has 0 atom stereocenters. The molecule has 0 fully saturated rings. The Kier molecular flexibility index (Phi) is 12.0. The van der Waals surface area contributed by atoms with Crippen molar-refractivity contribution in [3.63, 3.8) is 0 Å². The summed E-state index contributed by atoms with van der Waals surface area (Å²) in [5, 5.41) is 5.95. The van der Waals surface area contributed by atoms with Crippen LogP contribution in [-0.2, 0) is 0 Å². The molecule has 0 radical (unpaired) electrons. The standard InChI is InChI=1S/C28H40N2O4/c1-21(2)33-25-15-11-23(12-16-25)27(31)29-19-9-7-5-6-8-10-20-30-28(32)24-13-17-26(18-14-24)34-22(3)4/h11-18,21-22H,5-10,19-20H2,1-4H3,(H,29,31)(H,30,32). The predicted molar refractivity (Wildman–Crippen MR) is 137 cm³/mol. The lowest BCUT2D eigenvalue weighted by molar-refractivity contribution is 0.0944. The maximum atomic E-state index is 12.2. The molecule has 2 amide bonds. The quantitative estimate of drug-likeness (QED) is 0.326. The second-order valence-electron chi connectivity index (χ2n) is 9.02. The normalized spacial score (nSPS) is 10.9. The molecule has 2 N–H and O–H groups in total. The number of hydrogen-bond acceptors (Lipinski definition) is 4. The Morgan fingerprint density at radius 1 is 0.588 bits per heavy atom. The van der Waals surface area contributed by atoms with Gasteiger partial charge in [-0.1, -0.05) is 25.7 Å². The van der Waals surface area contributed by atoms with Crippen LogP contribution in [0.4, 0.5) is 0 Å². The molecule has 2 rings (SSSR count). The summed E-state index contributed by atoms with van der Waals surface area (Å²) in [7, 11) is 0. The molecule has 0 saturated carbocycles. The van der Waals surface area contributed by atoms with E-state index in [-0.39, 0.29) is 24.0 Å². The van der Waals surface area contributed by atoms with Crippen LogP contribution >= 0.6 is 0 Å². The third-order valence-corrected chi connectivity index (χ3v) is 5.15. The van der Waals surface area contributed by atoms with Crippen LogP contribution in [0, 0.1) is 0 Å². The monoisotopic (exact) mass is 468 g/mol. The molecular weight excluding hydrogens is 428 g/mol. The zero-order valence-corrected chi connectivity index (χ0v) is 21.1. The minimum atomic E-state index is -0.0473. The van der Waals surface area contributed by atoms with E-state index in [4.69, 9.17) is 9.47 Å². The van der Waals surface area contributed by atoms with Crippen molar-refractivity contribution in [2.24, 2.45) is 0 Å². The highest BCUT2D eigenvalue weighted by Crippen LogP contribution is 2.15. The molecule has 0 spiro atoms. The van der Waals surface area contributed by atoms with Gasteiger partial charge in [-0.3, -0.25) is 9.59 Å². The number of amides is 2. The molecule has 0 saturated heterocycles. The molecule has 6 heteroatoms. The maximum absolute atomic E-state index is 12.2. The Hall–Kier alpha value is -3.02. The first-order valence-corrected chi connectivity index (χ1v) is 12.4. The molecule has 0 unspecified atom stereocenters. The second-order valence-corrected chi connectivity index (χ2v) is 9.02. The van der Waals surface area contributed by atoms with Crippen LogP contribution in [0.5, 0.6) is 11.5 Å². The van der Waals surface area contributed by atoms with Crippen LogP contribution in [0.15, 0.2) is 48.5 Å². The number of rotatable bonds is 15. The molecule has 0 aliphatic rings. The van der Waals surface area contributed by atoms with E-state index in [1.165, 1.54) is 0 Å². The summed E-state index contributed by atoms with van der Waals surface area (Å²) in [6.45, 7) is 9.26. The number of hydrogen-bond donors (Lipinski definition) is 2. The van der Waals surface area contributed by atoms with E-state index in [0.29, 0.717) is 24.2 Å². The van der Waals surface area contributed by atoms with Gasteiger partial charge in [0.1, 0.15) is 11.5 Å². The van der Waals surface area contributed by atoms with E-state index in [1.807, 2.05) is 52.0 Å². The summed E-state index contributed by atoms with van der Waals surface area (Å²) in [4.78, 5) is 24.4. The van der Waals surface area contributed by atoms with Crippen molar-refractivity contribution in [2.45, 2.75) is 78.4 Å². The largest absolute Gasteiger partial charge is 0.491 e. The molecule has 34 heavy (non-hydrogen) atoms. The highest BCUT2D eigenvalue weighted by Gasteiger charge is 2.07. The molecule has 2 aromatic rings. The highest BCUT2D eigenvalue weighted by atomic mass is 16.5. The van der Waals surface area contributed by atoms with Gasteiger partial charge in [-0.2, -0.15) is 0 Å². The van der Waals surface area contributed by atoms with E-state index in [9.17, 15) is 9.59 Å². The molecular formula is C28H40N2O4. The molecule has 0 bridgehead atoms. The fraction of sp³-hybridized carbons (Fsp3) is 0.500. The molecule has 0 heterocycles. The predicted octanol–water partition coefficient (Wildman–Crippen LogP) is 5.76. The fourth-order valence-electron chi connectivity index (χ4n) is 3.48. The van der Waals surface area contributed by atoms with Crippen molar-refractivity contribution in [1.29, 1.82) is 0 Å². The van der Waals surface area contributed by atoms with Gasteiger partial charge in [-0.05, 0) is 89.1 Å². The van der Waals surface area contributed by atoms with E-state index in [0.717, 1.165) is 50.0 Å². The number of carbonyl (C=O) groups is 2. The van der Waals surface area contributed by atoms with Gasteiger partial charge < -0.3 is 20.1 Å². The molecule has 186 valence electrons.